The van der Waals surface area contributed by atoms with Gasteiger partial charge in [0.15, 0.2) is 5.96 Å². The predicted molar refractivity (Wildman–Crippen MR) is 142 cm³/mol. The van der Waals surface area contributed by atoms with Gasteiger partial charge < -0.3 is 25.0 Å². The first-order valence-electron chi connectivity index (χ1n) is 11.7. The lowest BCUT2D eigenvalue weighted by atomic mass is 10.1. The number of benzene rings is 1. The zero-order valence-corrected chi connectivity index (χ0v) is 22.0. The summed E-state index contributed by atoms with van der Waals surface area (Å²) in [5.41, 5.74) is 3.61. The van der Waals surface area contributed by atoms with Crippen molar-refractivity contribution >= 4 is 35.6 Å². The molecule has 9 heteroatoms. The summed E-state index contributed by atoms with van der Waals surface area (Å²) < 4.78 is 13.3. The van der Waals surface area contributed by atoms with E-state index in [-0.39, 0.29) is 24.0 Å². The van der Waals surface area contributed by atoms with Crippen molar-refractivity contribution in [1.29, 1.82) is 0 Å². The number of hydrogen-bond acceptors (Lipinski definition) is 5. The van der Waals surface area contributed by atoms with Gasteiger partial charge in [0.1, 0.15) is 0 Å². The maximum atomic E-state index is 6.07. The van der Waals surface area contributed by atoms with Crippen LogP contribution in [0.5, 0.6) is 0 Å². The molecule has 2 saturated heterocycles. The Morgan fingerprint density at radius 1 is 1.24 bits per heavy atom. The molecule has 1 unspecified atom stereocenters. The van der Waals surface area contributed by atoms with Crippen LogP contribution in [0.2, 0.25) is 0 Å². The summed E-state index contributed by atoms with van der Waals surface area (Å²) in [6.07, 6.45) is 8.60. The van der Waals surface area contributed by atoms with Gasteiger partial charge in [-0.05, 0) is 36.8 Å². The normalized spacial score (nSPS) is 19.8. The molecule has 1 aromatic carbocycles. The third kappa shape index (κ3) is 7.86. The molecule has 2 aliphatic rings. The number of rotatable bonds is 7. The Hall–Kier alpha value is -1.85. The fraction of sp³-hybridized carbons (Fsp3) is 0.583. The molecule has 8 nitrogen and oxygen atoms in total. The second-order valence-corrected chi connectivity index (χ2v) is 8.67. The SMILES string of the molecule is CN=C(NCc1cccc(COC2CCOCC2)c1)NC1CCCN(c2cnn(C)c2)C1.I. The van der Waals surface area contributed by atoms with Crippen molar-refractivity contribution in [2.45, 2.75) is 51.0 Å². The molecule has 3 heterocycles. The number of anilines is 1. The first-order valence-corrected chi connectivity index (χ1v) is 11.7. The van der Waals surface area contributed by atoms with Crippen molar-refractivity contribution in [2.75, 3.05) is 38.3 Å². The molecule has 1 atom stereocenters. The summed E-state index contributed by atoms with van der Waals surface area (Å²) >= 11 is 0. The average molecular weight is 569 g/mol. The van der Waals surface area contributed by atoms with Crippen LogP contribution in [0, 0.1) is 0 Å². The summed E-state index contributed by atoms with van der Waals surface area (Å²) in [5.74, 6) is 0.840. The molecule has 182 valence electrons. The molecule has 0 bridgehead atoms. The smallest absolute Gasteiger partial charge is 0.191 e. The van der Waals surface area contributed by atoms with Crippen LogP contribution in [0.25, 0.3) is 0 Å². The van der Waals surface area contributed by atoms with E-state index < -0.39 is 0 Å². The number of guanidine groups is 1. The maximum absolute atomic E-state index is 6.07. The first-order chi connectivity index (χ1) is 15.7. The number of nitrogens with zero attached hydrogens (tertiary/aromatic N) is 4. The van der Waals surface area contributed by atoms with Crippen molar-refractivity contribution < 1.29 is 9.47 Å². The van der Waals surface area contributed by atoms with E-state index in [2.05, 4.69) is 56.1 Å². The lowest BCUT2D eigenvalue weighted by Gasteiger charge is -2.34. The van der Waals surface area contributed by atoms with Gasteiger partial charge in [0.05, 0.1) is 24.6 Å². The van der Waals surface area contributed by atoms with Gasteiger partial charge in [0.2, 0.25) is 0 Å². The van der Waals surface area contributed by atoms with Gasteiger partial charge in [0.25, 0.3) is 0 Å². The van der Waals surface area contributed by atoms with Crippen LogP contribution in [0.3, 0.4) is 0 Å². The number of nitrogens with one attached hydrogen (secondary N) is 2. The zero-order valence-electron chi connectivity index (χ0n) is 19.7. The molecule has 0 amide bonds. The van der Waals surface area contributed by atoms with E-state index >= 15 is 0 Å². The van der Waals surface area contributed by atoms with Crippen LogP contribution in [0.4, 0.5) is 5.69 Å². The standard InChI is InChI=1S/C24H36N6O2.HI/c1-25-24(28-21-7-4-10-30(16-21)22-15-27-29(2)17-22)26-14-19-5-3-6-20(13-19)18-32-23-8-11-31-12-9-23;/h3,5-6,13,15,17,21,23H,4,7-12,14,16,18H2,1-2H3,(H2,25,26,28);1H. The zero-order chi connectivity index (χ0) is 22.2. The van der Waals surface area contributed by atoms with Crippen molar-refractivity contribution in [2.24, 2.45) is 12.0 Å². The van der Waals surface area contributed by atoms with E-state index in [1.54, 1.807) is 0 Å². The van der Waals surface area contributed by atoms with Crippen LogP contribution in [-0.2, 0) is 29.7 Å². The molecule has 2 N–H and O–H groups in total. The third-order valence-electron chi connectivity index (χ3n) is 6.15. The van der Waals surface area contributed by atoms with E-state index in [0.717, 1.165) is 64.5 Å². The van der Waals surface area contributed by atoms with E-state index in [4.69, 9.17) is 9.47 Å². The summed E-state index contributed by atoms with van der Waals surface area (Å²) in [5, 5.41) is 11.4. The van der Waals surface area contributed by atoms with Gasteiger partial charge in [-0.15, -0.1) is 24.0 Å². The van der Waals surface area contributed by atoms with Crippen LogP contribution >= 0.6 is 24.0 Å². The molecular formula is C24H37IN6O2. The summed E-state index contributed by atoms with van der Waals surface area (Å²) in [6.45, 7) is 5.01. The Kier molecular flexibility index (Phi) is 10.3. The van der Waals surface area contributed by atoms with Gasteiger partial charge in [0, 0.05) is 59.2 Å². The Bertz CT molecular complexity index is 883. The predicted octanol–water partition coefficient (Wildman–Crippen LogP) is 3.07. The number of aliphatic imine (C=N–C) groups is 1. The minimum absolute atomic E-state index is 0. The minimum atomic E-state index is 0. The van der Waals surface area contributed by atoms with E-state index in [1.165, 1.54) is 16.8 Å². The quantitative estimate of drug-likeness (QED) is 0.304. The molecular weight excluding hydrogens is 531 g/mol. The van der Waals surface area contributed by atoms with Gasteiger partial charge in [-0.1, -0.05) is 24.3 Å². The Labute approximate surface area is 214 Å². The van der Waals surface area contributed by atoms with Gasteiger partial charge >= 0.3 is 0 Å². The van der Waals surface area contributed by atoms with Gasteiger partial charge in [-0.3, -0.25) is 9.67 Å². The molecule has 2 aromatic rings. The average Bonchev–Trinajstić information content (AvgIpc) is 3.28. The summed E-state index contributed by atoms with van der Waals surface area (Å²) in [4.78, 5) is 6.83. The number of halogens is 1. The van der Waals surface area contributed by atoms with E-state index in [0.29, 0.717) is 18.8 Å². The van der Waals surface area contributed by atoms with Crippen LogP contribution in [0.15, 0.2) is 41.7 Å². The minimum Gasteiger partial charge on any atom is -0.381 e. The Morgan fingerprint density at radius 2 is 2.06 bits per heavy atom. The largest absolute Gasteiger partial charge is 0.381 e. The number of aryl methyl sites for hydroxylation is 1. The van der Waals surface area contributed by atoms with Gasteiger partial charge in [-0.2, -0.15) is 5.10 Å². The lowest BCUT2D eigenvalue weighted by Crippen LogP contribution is -2.51. The lowest BCUT2D eigenvalue weighted by molar-refractivity contribution is -0.0390. The molecule has 1 aromatic heterocycles. The molecule has 2 fully saturated rings. The van der Waals surface area contributed by atoms with E-state index in [9.17, 15) is 0 Å². The molecule has 2 aliphatic heterocycles. The number of aromatic nitrogens is 2. The van der Waals surface area contributed by atoms with Crippen molar-refractivity contribution in [3.63, 3.8) is 0 Å². The van der Waals surface area contributed by atoms with Crippen LogP contribution < -0.4 is 15.5 Å². The molecule has 0 radical (unpaired) electrons. The Morgan fingerprint density at radius 3 is 2.82 bits per heavy atom. The Balaban J connectivity index is 0.00000306. The monoisotopic (exact) mass is 568 g/mol. The second kappa shape index (κ2) is 13.1. The highest BCUT2D eigenvalue weighted by Crippen LogP contribution is 2.19. The highest BCUT2D eigenvalue weighted by Gasteiger charge is 2.21. The molecule has 4 rings (SSSR count). The van der Waals surface area contributed by atoms with Crippen LogP contribution in [0.1, 0.15) is 36.8 Å². The summed E-state index contributed by atoms with van der Waals surface area (Å²) in [7, 11) is 3.79. The van der Waals surface area contributed by atoms with Crippen molar-refractivity contribution in [3.8, 4) is 0 Å². The van der Waals surface area contributed by atoms with E-state index in [1.807, 2.05) is 25.0 Å². The highest BCUT2D eigenvalue weighted by atomic mass is 127. The summed E-state index contributed by atoms with van der Waals surface area (Å²) in [6, 6.07) is 8.94. The highest BCUT2D eigenvalue weighted by molar-refractivity contribution is 14.0. The van der Waals surface area contributed by atoms with Crippen molar-refractivity contribution in [1.82, 2.24) is 20.4 Å². The third-order valence-corrected chi connectivity index (χ3v) is 6.15. The molecule has 33 heavy (non-hydrogen) atoms. The number of ether oxygens (including phenoxy) is 2. The number of piperidine rings is 1. The molecule has 0 spiro atoms. The maximum Gasteiger partial charge on any atom is 0.191 e. The fourth-order valence-electron chi connectivity index (χ4n) is 4.36. The van der Waals surface area contributed by atoms with Crippen molar-refractivity contribution in [3.05, 3.63) is 47.8 Å². The topological polar surface area (TPSA) is 75.9 Å². The number of hydrogen-bond donors (Lipinski definition) is 2. The molecule has 0 aliphatic carbocycles. The van der Waals surface area contributed by atoms with Gasteiger partial charge in [-0.25, -0.2) is 0 Å². The molecule has 0 saturated carbocycles. The first kappa shape index (κ1) is 25.8. The van der Waals surface area contributed by atoms with Crippen LogP contribution in [-0.4, -0.2) is 61.2 Å². The fourth-order valence-corrected chi connectivity index (χ4v) is 4.36. The second-order valence-electron chi connectivity index (χ2n) is 8.67.